The topological polar surface area (TPSA) is 43.9 Å². The molecule has 0 amide bonds. The molecule has 8 aromatic carbocycles. The quantitative estimate of drug-likeness (QED) is 0.181. The van der Waals surface area contributed by atoms with Crippen LogP contribution < -0.4 is 0 Å². The maximum absolute atomic E-state index is 6.48. The van der Waals surface area contributed by atoms with E-state index in [-0.39, 0.29) is 0 Å². The molecule has 0 spiro atoms. The third kappa shape index (κ3) is 3.93. The monoisotopic (exact) mass is 637 g/mol. The van der Waals surface area contributed by atoms with Gasteiger partial charge in [-0.05, 0) is 52.1 Å². The molecule has 0 saturated heterocycles. The van der Waals surface area contributed by atoms with E-state index in [2.05, 4.69) is 156 Å². The Morgan fingerprint density at radius 1 is 0.420 bits per heavy atom. The second-order valence-corrected chi connectivity index (χ2v) is 13.0. The van der Waals surface area contributed by atoms with Gasteiger partial charge in [-0.15, -0.1) is 0 Å². The average Bonchev–Trinajstić information content (AvgIpc) is 3.73. The van der Waals surface area contributed by atoms with Gasteiger partial charge in [-0.3, -0.25) is 4.57 Å². The van der Waals surface area contributed by atoms with Gasteiger partial charge in [-0.25, -0.2) is 9.97 Å². The van der Waals surface area contributed by atoms with Crippen molar-refractivity contribution in [1.82, 2.24) is 14.5 Å². The summed E-state index contributed by atoms with van der Waals surface area (Å²) in [6.45, 7) is 0. The Morgan fingerprint density at radius 3 is 2.02 bits per heavy atom. The van der Waals surface area contributed by atoms with Crippen LogP contribution in [0.3, 0.4) is 0 Å². The number of hydrogen-bond donors (Lipinski definition) is 0. The number of fused-ring (bicyclic) bond motifs is 10. The molecule has 4 heteroatoms. The molecule has 232 valence electrons. The number of aromatic nitrogens is 3. The van der Waals surface area contributed by atoms with Gasteiger partial charge in [0.15, 0.2) is 0 Å². The third-order valence-corrected chi connectivity index (χ3v) is 10.2. The van der Waals surface area contributed by atoms with Gasteiger partial charge in [-0.1, -0.05) is 133 Å². The lowest BCUT2D eigenvalue weighted by Crippen LogP contribution is -2.04. The summed E-state index contributed by atoms with van der Waals surface area (Å²) in [5, 5.41) is 10.2. The van der Waals surface area contributed by atoms with Crippen LogP contribution in [0.2, 0.25) is 0 Å². The van der Waals surface area contributed by atoms with Gasteiger partial charge in [0.2, 0.25) is 5.95 Å². The average molecular weight is 638 g/mol. The molecule has 0 aliphatic heterocycles. The summed E-state index contributed by atoms with van der Waals surface area (Å²) < 4.78 is 8.71. The molecular formula is C46H27N3O. The summed E-state index contributed by atoms with van der Waals surface area (Å²) in [7, 11) is 0. The molecule has 50 heavy (non-hydrogen) atoms. The summed E-state index contributed by atoms with van der Waals surface area (Å²) in [5.74, 6) is 0.641. The van der Waals surface area contributed by atoms with Gasteiger partial charge >= 0.3 is 0 Å². The zero-order valence-electron chi connectivity index (χ0n) is 26.8. The van der Waals surface area contributed by atoms with Gasteiger partial charge in [0, 0.05) is 43.4 Å². The molecule has 4 nitrogen and oxygen atoms in total. The normalized spacial score (nSPS) is 12.0. The van der Waals surface area contributed by atoms with Crippen molar-refractivity contribution in [2.24, 2.45) is 0 Å². The fourth-order valence-corrected chi connectivity index (χ4v) is 7.84. The molecule has 0 N–H and O–H groups in total. The van der Waals surface area contributed by atoms with Gasteiger partial charge in [0.25, 0.3) is 0 Å². The highest BCUT2D eigenvalue weighted by molar-refractivity contribution is 6.14. The van der Waals surface area contributed by atoms with Crippen LogP contribution in [0.15, 0.2) is 168 Å². The first-order valence-corrected chi connectivity index (χ1v) is 16.9. The van der Waals surface area contributed by atoms with Gasteiger partial charge in [-0.2, -0.15) is 0 Å². The number of para-hydroxylation sites is 3. The maximum atomic E-state index is 6.48. The van der Waals surface area contributed by atoms with Crippen molar-refractivity contribution in [2.75, 3.05) is 0 Å². The molecule has 0 bridgehead atoms. The lowest BCUT2D eigenvalue weighted by atomic mass is 10.00. The molecule has 3 aromatic heterocycles. The van der Waals surface area contributed by atoms with Crippen LogP contribution in [0.1, 0.15) is 0 Å². The van der Waals surface area contributed by atoms with Crippen LogP contribution >= 0.6 is 0 Å². The van der Waals surface area contributed by atoms with Gasteiger partial charge in [0.1, 0.15) is 11.2 Å². The van der Waals surface area contributed by atoms with Crippen molar-refractivity contribution in [1.29, 1.82) is 0 Å². The fourth-order valence-electron chi connectivity index (χ4n) is 7.84. The summed E-state index contributed by atoms with van der Waals surface area (Å²) in [6, 6.07) is 57.8. The highest BCUT2D eigenvalue weighted by Crippen LogP contribution is 2.40. The Hall–Kier alpha value is -6.78. The predicted octanol–water partition coefficient (Wildman–Crippen LogP) is 12.3. The maximum Gasteiger partial charge on any atom is 0.235 e. The lowest BCUT2D eigenvalue weighted by Gasteiger charge is -2.14. The van der Waals surface area contributed by atoms with Crippen molar-refractivity contribution in [2.45, 2.75) is 0 Å². The fraction of sp³-hybridized carbons (Fsp3) is 0. The van der Waals surface area contributed by atoms with Crippen molar-refractivity contribution < 1.29 is 4.42 Å². The van der Waals surface area contributed by atoms with Crippen LogP contribution in [0.25, 0.3) is 105 Å². The number of nitrogens with zero attached hydrogens (tertiary/aromatic N) is 3. The van der Waals surface area contributed by atoms with Crippen LogP contribution in [-0.4, -0.2) is 14.5 Å². The van der Waals surface area contributed by atoms with Crippen LogP contribution in [-0.2, 0) is 0 Å². The highest BCUT2D eigenvalue weighted by Gasteiger charge is 2.20. The SMILES string of the molecule is c1ccc2cc(-c3nc(-n4c5ccccc5c5ccc(-c6cccc7c6oc6ccccc67)cc54)nc4c3ccc3ccccc34)ccc2c1. The number of furan rings is 1. The van der Waals surface area contributed by atoms with Gasteiger partial charge < -0.3 is 4.42 Å². The molecule has 0 unspecified atom stereocenters. The standard InChI is InChI=1S/C46H27N3O/c1-2-12-30-26-32(21-20-28(30)10-1)43-39-25-22-29-11-3-4-13-33(29)44(39)48-46(47-43)49-40-18-7-5-14-35(40)36-24-23-31(27-41(36)49)34-16-9-17-38-37-15-6-8-19-42(37)50-45(34)38/h1-27H. The van der Waals surface area contributed by atoms with Crippen molar-refractivity contribution >= 4 is 76.2 Å². The number of rotatable bonds is 3. The Bertz CT molecular complexity index is 3170. The molecule has 11 rings (SSSR count). The van der Waals surface area contributed by atoms with E-state index in [0.29, 0.717) is 5.95 Å². The first-order chi connectivity index (χ1) is 24.8. The Morgan fingerprint density at radius 2 is 1.10 bits per heavy atom. The largest absolute Gasteiger partial charge is 0.455 e. The second kappa shape index (κ2) is 10.4. The summed E-state index contributed by atoms with van der Waals surface area (Å²) in [6.07, 6.45) is 0. The number of hydrogen-bond acceptors (Lipinski definition) is 3. The summed E-state index contributed by atoms with van der Waals surface area (Å²) >= 11 is 0. The van der Waals surface area contributed by atoms with Gasteiger partial charge in [0.05, 0.1) is 22.2 Å². The minimum absolute atomic E-state index is 0.641. The zero-order valence-corrected chi connectivity index (χ0v) is 26.8. The molecule has 0 saturated carbocycles. The summed E-state index contributed by atoms with van der Waals surface area (Å²) in [5.41, 5.74) is 8.93. The van der Waals surface area contributed by atoms with E-state index < -0.39 is 0 Å². The van der Waals surface area contributed by atoms with E-state index in [1.54, 1.807) is 0 Å². The third-order valence-electron chi connectivity index (χ3n) is 10.2. The van der Waals surface area contributed by atoms with Crippen molar-refractivity contribution in [3.8, 4) is 28.3 Å². The highest BCUT2D eigenvalue weighted by atomic mass is 16.3. The second-order valence-electron chi connectivity index (χ2n) is 13.0. The van der Waals surface area contributed by atoms with E-state index in [1.807, 2.05) is 12.1 Å². The van der Waals surface area contributed by atoms with E-state index in [4.69, 9.17) is 14.4 Å². The molecule has 0 aliphatic rings. The Balaban J connectivity index is 1.23. The molecule has 0 aliphatic carbocycles. The van der Waals surface area contributed by atoms with E-state index in [0.717, 1.165) is 87.8 Å². The Kier molecular flexibility index (Phi) is 5.63. The molecule has 3 heterocycles. The van der Waals surface area contributed by atoms with Crippen molar-refractivity contribution in [3.63, 3.8) is 0 Å². The molecule has 0 fully saturated rings. The zero-order chi connectivity index (χ0) is 32.8. The van der Waals surface area contributed by atoms with Crippen LogP contribution in [0.5, 0.6) is 0 Å². The smallest absolute Gasteiger partial charge is 0.235 e. The van der Waals surface area contributed by atoms with E-state index in [1.165, 1.54) is 10.8 Å². The summed E-state index contributed by atoms with van der Waals surface area (Å²) in [4.78, 5) is 10.9. The van der Waals surface area contributed by atoms with E-state index >= 15 is 0 Å². The minimum Gasteiger partial charge on any atom is -0.455 e. The molecule has 0 atom stereocenters. The molecule has 11 aromatic rings. The predicted molar refractivity (Wildman–Crippen MR) is 207 cm³/mol. The first kappa shape index (κ1) is 27.2. The Labute approximate surface area is 286 Å². The van der Waals surface area contributed by atoms with Crippen molar-refractivity contribution in [3.05, 3.63) is 164 Å². The van der Waals surface area contributed by atoms with Crippen LogP contribution in [0, 0.1) is 0 Å². The van der Waals surface area contributed by atoms with E-state index in [9.17, 15) is 0 Å². The number of benzene rings is 8. The lowest BCUT2D eigenvalue weighted by molar-refractivity contribution is 0.670. The molecule has 0 radical (unpaired) electrons. The van der Waals surface area contributed by atoms with Crippen LogP contribution in [0.4, 0.5) is 0 Å². The first-order valence-electron chi connectivity index (χ1n) is 16.9. The molecular weight excluding hydrogens is 611 g/mol. The minimum atomic E-state index is 0.641.